The van der Waals surface area contributed by atoms with E-state index in [9.17, 15) is 4.79 Å². The minimum Gasteiger partial charge on any atom is -0.381 e. The molecule has 2 N–H and O–H groups in total. The van der Waals surface area contributed by atoms with E-state index in [1.54, 1.807) is 19.0 Å². The summed E-state index contributed by atoms with van der Waals surface area (Å²) in [6, 6.07) is 1.61. The molecule has 1 atom stereocenters. The van der Waals surface area contributed by atoms with Gasteiger partial charge in [0.1, 0.15) is 6.54 Å². The Morgan fingerprint density at radius 2 is 1.80 bits per heavy atom. The summed E-state index contributed by atoms with van der Waals surface area (Å²) in [7, 11) is 3.53. The van der Waals surface area contributed by atoms with Gasteiger partial charge in [-0.05, 0) is 32.1 Å². The average molecular weight is 465 g/mol. The summed E-state index contributed by atoms with van der Waals surface area (Å²) < 4.78 is 5.42. The van der Waals surface area contributed by atoms with E-state index in [0.717, 1.165) is 51.0 Å². The fourth-order valence-electron chi connectivity index (χ4n) is 3.33. The van der Waals surface area contributed by atoms with Gasteiger partial charge >= 0.3 is 0 Å². The molecule has 8 heteroatoms. The molecule has 0 spiro atoms. The molecule has 2 saturated heterocycles. The zero-order valence-electron chi connectivity index (χ0n) is 15.4. The molecule has 1 aliphatic carbocycles. The fraction of sp³-hybridized carbons (Fsp3) is 0.882. The Labute approximate surface area is 167 Å². The second kappa shape index (κ2) is 9.91. The molecule has 3 fully saturated rings. The highest BCUT2D eigenvalue weighted by Gasteiger charge is 2.34. The highest BCUT2D eigenvalue weighted by atomic mass is 127. The molecule has 0 bridgehead atoms. The van der Waals surface area contributed by atoms with E-state index < -0.39 is 0 Å². The van der Waals surface area contributed by atoms with Gasteiger partial charge in [0.25, 0.3) is 0 Å². The molecule has 1 unspecified atom stereocenters. The highest BCUT2D eigenvalue weighted by molar-refractivity contribution is 14.0. The van der Waals surface area contributed by atoms with E-state index in [-0.39, 0.29) is 36.4 Å². The van der Waals surface area contributed by atoms with Crippen LogP contribution >= 0.6 is 24.0 Å². The second-order valence-electron chi connectivity index (χ2n) is 7.34. The Kier molecular flexibility index (Phi) is 8.21. The van der Waals surface area contributed by atoms with Crippen molar-refractivity contribution in [3.05, 3.63) is 0 Å². The molecule has 3 aliphatic rings. The molecule has 1 saturated carbocycles. The first kappa shape index (κ1) is 20.7. The molecule has 1 amide bonds. The van der Waals surface area contributed by atoms with E-state index in [0.29, 0.717) is 12.1 Å². The lowest BCUT2D eigenvalue weighted by Gasteiger charge is -2.27. The number of aliphatic imine (C=N–C) groups is 1. The van der Waals surface area contributed by atoms with Gasteiger partial charge in [-0.2, -0.15) is 0 Å². The van der Waals surface area contributed by atoms with Crippen molar-refractivity contribution in [1.82, 2.24) is 20.4 Å². The monoisotopic (exact) mass is 465 g/mol. The number of likely N-dealkylation sites (N-methyl/N-ethyl adjacent to an activating group) is 1. The van der Waals surface area contributed by atoms with Crippen LogP contribution < -0.4 is 10.6 Å². The predicted molar refractivity (Wildman–Crippen MR) is 110 cm³/mol. The maximum absolute atomic E-state index is 11.9. The summed E-state index contributed by atoms with van der Waals surface area (Å²) in [5, 5.41) is 7.06. The minimum absolute atomic E-state index is 0. The van der Waals surface area contributed by atoms with E-state index >= 15 is 0 Å². The summed E-state index contributed by atoms with van der Waals surface area (Å²) >= 11 is 0. The Hall–Kier alpha value is -0.610. The number of halogens is 1. The maximum Gasteiger partial charge on any atom is 0.243 e. The maximum atomic E-state index is 11.9. The first-order valence-corrected chi connectivity index (χ1v) is 9.21. The number of likely N-dealkylation sites (tertiary alicyclic amines) is 1. The Morgan fingerprint density at radius 3 is 2.44 bits per heavy atom. The van der Waals surface area contributed by atoms with Crippen molar-refractivity contribution in [2.24, 2.45) is 4.99 Å². The third-order valence-corrected chi connectivity index (χ3v) is 5.06. The normalized spacial score (nSPS) is 25.4. The molecule has 3 rings (SSSR count). The molecule has 2 heterocycles. The van der Waals surface area contributed by atoms with Gasteiger partial charge in [-0.3, -0.25) is 9.69 Å². The molecule has 0 aromatic heterocycles. The molecule has 25 heavy (non-hydrogen) atoms. The minimum atomic E-state index is 0. The summed E-state index contributed by atoms with van der Waals surface area (Å²) in [6.07, 6.45) is 5.83. The van der Waals surface area contributed by atoms with Crippen molar-refractivity contribution in [1.29, 1.82) is 0 Å². The van der Waals surface area contributed by atoms with E-state index in [4.69, 9.17) is 4.74 Å². The number of nitrogens with one attached hydrogen (secondary N) is 2. The largest absolute Gasteiger partial charge is 0.381 e. The number of ether oxygens (including phenoxy) is 1. The SMILES string of the molecule is CN(C)C(=O)CN=C(NC1CCOCC1)NC1CCN(C2CC2)C1.I. The first-order chi connectivity index (χ1) is 11.6. The van der Waals surface area contributed by atoms with Crippen LogP contribution in [0.1, 0.15) is 32.1 Å². The van der Waals surface area contributed by atoms with Gasteiger partial charge in [-0.15, -0.1) is 24.0 Å². The van der Waals surface area contributed by atoms with E-state index in [2.05, 4.69) is 20.5 Å². The van der Waals surface area contributed by atoms with Gasteiger partial charge in [0.05, 0.1) is 0 Å². The van der Waals surface area contributed by atoms with Crippen molar-refractivity contribution in [3.63, 3.8) is 0 Å². The summed E-state index contributed by atoms with van der Waals surface area (Å²) in [4.78, 5) is 20.6. The average Bonchev–Trinajstić information content (AvgIpc) is 3.33. The molecule has 0 aromatic carbocycles. The smallest absolute Gasteiger partial charge is 0.243 e. The number of hydrogen-bond acceptors (Lipinski definition) is 4. The summed E-state index contributed by atoms with van der Waals surface area (Å²) in [5.41, 5.74) is 0. The first-order valence-electron chi connectivity index (χ1n) is 9.21. The van der Waals surface area contributed by atoms with Crippen molar-refractivity contribution >= 4 is 35.8 Å². The van der Waals surface area contributed by atoms with Crippen molar-refractivity contribution in [2.45, 2.75) is 50.2 Å². The zero-order valence-corrected chi connectivity index (χ0v) is 17.7. The molecule has 0 radical (unpaired) electrons. The van der Waals surface area contributed by atoms with Gasteiger partial charge in [0.15, 0.2) is 5.96 Å². The lowest BCUT2D eigenvalue weighted by atomic mass is 10.1. The van der Waals surface area contributed by atoms with Gasteiger partial charge in [-0.25, -0.2) is 4.99 Å². The van der Waals surface area contributed by atoms with E-state index in [1.807, 2.05) is 0 Å². The highest BCUT2D eigenvalue weighted by Crippen LogP contribution is 2.29. The summed E-state index contributed by atoms with van der Waals surface area (Å²) in [5.74, 6) is 0.800. The van der Waals surface area contributed by atoms with Crippen LogP contribution in [0.4, 0.5) is 0 Å². The van der Waals surface area contributed by atoms with Gasteiger partial charge in [0, 0.05) is 58.5 Å². The van der Waals surface area contributed by atoms with Crippen LogP contribution in [0.3, 0.4) is 0 Å². The van der Waals surface area contributed by atoms with E-state index in [1.165, 1.54) is 19.4 Å². The molecular formula is C17H32IN5O2. The quantitative estimate of drug-likeness (QED) is 0.355. The van der Waals surface area contributed by atoms with Crippen molar-refractivity contribution in [3.8, 4) is 0 Å². The molecule has 0 aromatic rings. The third-order valence-electron chi connectivity index (χ3n) is 5.06. The number of hydrogen-bond donors (Lipinski definition) is 2. The Bertz CT molecular complexity index is 464. The number of carbonyl (C=O) groups is 1. The van der Waals surface area contributed by atoms with Crippen molar-refractivity contribution < 1.29 is 9.53 Å². The van der Waals surface area contributed by atoms with Crippen LogP contribution in [0, 0.1) is 0 Å². The Morgan fingerprint density at radius 1 is 1.12 bits per heavy atom. The summed E-state index contributed by atoms with van der Waals surface area (Å²) in [6.45, 7) is 4.02. The number of amides is 1. The third kappa shape index (κ3) is 6.56. The van der Waals surface area contributed by atoms with Crippen LogP contribution in [0.2, 0.25) is 0 Å². The van der Waals surface area contributed by atoms with Gasteiger partial charge in [-0.1, -0.05) is 0 Å². The van der Waals surface area contributed by atoms with Crippen LogP contribution in [0.5, 0.6) is 0 Å². The molecule has 144 valence electrons. The fourth-order valence-corrected chi connectivity index (χ4v) is 3.33. The van der Waals surface area contributed by atoms with Gasteiger partial charge < -0.3 is 20.3 Å². The second-order valence-corrected chi connectivity index (χ2v) is 7.34. The lowest BCUT2D eigenvalue weighted by molar-refractivity contribution is -0.127. The number of guanidine groups is 1. The zero-order chi connectivity index (χ0) is 16.9. The van der Waals surface area contributed by atoms with Crippen molar-refractivity contribution in [2.75, 3.05) is 46.9 Å². The van der Waals surface area contributed by atoms with Crippen LogP contribution in [-0.2, 0) is 9.53 Å². The van der Waals surface area contributed by atoms with Crippen LogP contribution in [0.25, 0.3) is 0 Å². The molecule has 2 aliphatic heterocycles. The lowest BCUT2D eigenvalue weighted by Crippen LogP contribution is -2.50. The van der Waals surface area contributed by atoms with Crippen LogP contribution in [0.15, 0.2) is 4.99 Å². The number of carbonyl (C=O) groups excluding carboxylic acids is 1. The number of nitrogens with zero attached hydrogens (tertiary/aromatic N) is 3. The van der Waals surface area contributed by atoms with Gasteiger partial charge in [0.2, 0.25) is 5.91 Å². The molecule has 7 nitrogen and oxygen atoms in total. The Balaban J connectivity index is 0.00000225. The van der Waals surface area contributed by atoms with Crippen LogP contribution in [-0.4, -0.2) is 86.7 Å². The topological polar surface area (TPSA) is 69.2 Å². The number of rotatable bonds is 5. The predicted octanol–water partition coefficient (Wildman–Crippen LogP) is 0.644. The molecular weight excluding hydrogens is 433 g/mol. The standard InChI is InChI=1S/C17H31N5O2.HI/c1-21(2)16(23)11-18-17(19-13-6-9-24-10-7-13)20-14-5-8-22(12-14)15-3-4-15;/h13-15H,3-12H2,1-2H3,(H2,18,19,20);1H.